The second-order valence-corrected chi connectivity index (χ2v) is 6.22. The van der Waals surface area contributed by atoms with Crippen LogP contribution in [0.1, 0.15) is 0 Å². The third kappa shape index (κ3) is 2.49. The van der Waals surface area contributed by atoms with Gasteiger partial charge in [0.05, 0.1) is 12.6 Å². The zero-order valence-electron chi connectivity index (χ0n) is 12.7. The van der Waals surface area contributed by atoms with Crippen molar-refractivity contribution < 1.29 is 4.74 Å². The Kier molecular flexibility index (Phi) is 3.56. The van der Waals surface area contributed by atoms with Crippen molar-refractivity contribution in [1.82, 2.24) is 4.98 Å². The van der Waals surface area contributed by atoms with E-state index in [1.807, 2.05) is 24.4 Å². The Morgan fingerprint density at radius 2 is 1.74 bits per heavy atom. The molecule has 0 bridgehead atoms. The van der Waals surface area contributed by atoms with E-state index in [4.69, 9.17) is 4.74 Å². The lowest BCUT2D eigenvalue weighted by Crippen LogP contribution is -1.89. The highest BCUT2D eigenvalue weighted by Crippen LogP contribution is 2.39. The molecule has 0 saturated heterocycles. The van der Waals surface area contributed by atoms with Gasteiger partial charge in [-0.25, -0.2) is 0 Å². The lowest BCUT2D eigenvalue weighted by Gasteiger charge is -2.12. The summed E-state index contributed by atoms with van der Waals surface area (Å²) in [5, 5.41) is 3.30. The average molecular weight is 317 g/mol. The molecule has 2 nitrogen and oxygen atoms in total. The minimum Gasteiger partial charge on any atom is -0.497 e. The van der Waals surface area contributed by atoms with Crippen molar-refractivity contribution in [3.05, 3.63) is 72.2 Å². The number of benzene rings is 2. The average Bonchev–Trinajstić information content (AvgIpc) is 3.15. The van der Waals surface area contributed by atoms with E-state index in [2.05, 4.69) is 52.8 Å². The molecule has 3 heteroatoms. The van der Waals surface area contributed by atoms with Crippen LogP contribution < -0.4 is 4.74 Å². The maximum absolute atomic E-state index is 5.26. The standard InChI is InChI=1S/C20H15NOS/c1-22-15-10-8-14(9-11-15)17-13-21-18-6-3-2-5-16(18)20(17)19-7-4-12-23-19/h2-13H,1H3. The zero-order valence-corrected chi connectivity index (χ0v) is 13.5. The highest BCUT2D eigenvalue weighted by atomic mass is 32.1. The monoisotopic (exact) mass is 317 g/mol. The summed E-state index contributed by atoms with van der Waals surface area (Å²) in [6.07, 6.45) is 1.97. The minimum absolute atomic E-state index is 0.861. The molecule has 0 spiro atoms. The van der Waals surface area contributed by atoms with Crippen LogP contribution in [-0.4, -0.2) is 12.1 Å². The maximum Gasteiger partial charge on any atom is 0.118 e. The van der Waals surface area contributed by atoms with Gasteiger partial charge in [-0.3, -0.25) is 4.98 Å². The van der Waals surface area contributed by atoms with Gasteiger partial charge in [-0.1, -0.05) is 36.4 Å². The first-order valence-corrected chi connectivity index (χ1v) is 8.31. The summed E-state index contributed by atoms with van der Waals surface area (Å²) in [7, 11) is 1.68. The SMILES string of the molecule is COc1ccc(-c2cnc3ccccc3c2-c2cccs2)cc1. The van der Waals surface area contributed by atoms with Crippen LogP contribution in [0.15, 0.2) is 72.2 Å². The summed E-state index contributed by atoms with van der Waals surface area (Å²) in [4.78, 5) is 5.90. The molecule has 2 aromatic carbocycles. The molecule has 0 radical (unpaired) electrons. The number of para-hydroxylation sites is 1. The Morgan fingerprint density at radius 1 is 0.913 bits per heavy atom. The predicted octanol–water partition coefficient (Wildman–Crippen LogP) is 5.64. The first kappa shape index (κ1) is 14.0. The van der Waals surface area contributed by atoms with Gasteiger partial charge < -0.3 is 4.74 Å². The van der Waals surface area contributed by atoms with Crippen molar-refractivity contribution in [2.24, 2.45) is 0 Å². The molecular formula is C20H15NOS. The molecule has 0 fully saturated rings. The van der Waals surface area contributed by atoms with Crippen LogP contribution in [0, 0.1) is 0 Å². The Bertz CT molecular complexity index is 943. The summed E-state index contributed by atoms with van der Waals surface area (Å²) in [5.74, 6) is 0.861. The second kappa shape index (κ2) is 5.86. The van der Waals surface area contributed by atoms with Crippen molar-refractivity contribution >= 4 is 22.2 Å². The van der Waals surface area contributed by atoms with Gasteiger partial charge in [0.1, 0.15) is 5.75 Å². The molecule has 0 N–H and O–H groups in total. The highest BCUT2D eigenvalue weighted by molar-refractivity contribution is 7.13. The predicted molar refractivity (Wildman–Crippen MR) is 97.0 cm³/mol. The van der Waals surface area contributed by atoms with Gasteiger partial charge >= 0.3 is 0 Å². The molecule has 0 aliphatic rings. The van der Waals surface area contributed by atoms with E-state index in [0.29, 0.717) is 0 Å². The van der Waals surface area contributed by atoms with Crippen molar-refractivity contribution in [3.8, 4) is 27.3 Å². The molecule has 0 unspecified atom stereocenters. The Balaban J connectivity index is 2.00. The van der Waals surface area contributed by atoms with Crippen LogP contribution in [0.3, 0.4) is 0 Å². The number of hydrogen-bond donors (Lipinski definition) is 0. The molecule has 0 aliphatic carbocycles. The van der Waals surface area contributed by atoms with E-state index < -0.39 is 0 Å². The lowest BCUT2D eigenvalue weighted by atomic mass is 9.96. The summed E-state index contributed by atoms with van der Waals surface area (Å²) >= 11 is 1.75. The number of aromatic nitrogens is 1. The van der Waals surface area contributed by atoms with Crippen LogP contribution in [0.25, 0.3) is 32.5 Å². The fraction of sp³-hybridized carbons (Fsp3) is 0.0500. The van der Waals surface area contributed by atoms with Gasteiger partial charge in [0, 0.05) is 27.6 Å². The number of rotatable bonds is 3. The van der Waals surface area contributed by atoms with Gasteiger partial charge in [0.15, 0.2) is 0 Å². The molecule has 0 atom stereocenters. The molecule has 0 amide bonds. The number of nitrogens with zero attached hydrogens (tertiary/aromatic N) is 1. The van der Waals surface area contributed by atoms with Gasteiger partial charge in [-0.15, -0.1) is 11.3 Å². The quantitative estimate of drug-likeness (QED) is 0.488. The van der Waals surface area contributed by atoms with Gasteiger partial charge in [0.2, 0.25) is 0 Å². The summed E-state index contributed by atoms with van der Waals surface area (Å²) in [6.45, 7) is 0. The molecule has 0 aliphatic heterocycles. The van der Waals surface area contributed by atoms with E-state index in [1.54, 1.807) is 18.4 Å². The van der Waals surface area contributed by atoms with Crippen LogP contribution in [-0.2, 0) is 0 Å². The number of pyridine rings is 1. The molecule has 2 heterocycles. The first-order valence-electron chi connectivity index (χ1n) is 7.43. The summed E-state index contributed by atoms with van der Waals surface area (Å²) in [5.41, 5.74) is 4.56. The fourth-order valence-corrected chi connectivity index (χ4v) is 3.62. The van der Waals surface area contributed by atoms with E-state index >= 15 is 0 Å². The smallest absolute Gasteiger partial charge is 0.118 e. The third-order valence-corrected chi connectivity index (χ3v) is 4.83. The van der Waals surface area contributed by atoms with Crippen LogP contribution in [0.4, 0.5) is 0 Å². The fourth-order valence-electron chi connectivity index (χ4n) is 2.82. The number of ether oxygens (including phenoxy) is 1. The molecule has 2 aromatic heterocycles. The van der Waals surface area contributed by atoms with Crippen LogP contribution in [0.2, 0.25) is 0 Å². The topological polar surface area (TPSA) is 22.1 Å². The number of fused-ring (bicyclic) bond motifs is 1. The van der Waals surface area contributed by atoms with E-state index in [-0.39, 0.29) is 0 Å². The molecular weight excluding hydrogens is 302 g/mol. The van der Waals surface area contributed by atoms with E-state index in [1.165, 1.54) is 15.8 Å². The molecule has 4 rings (SSSR count). The maximum atomic E-state index is 5.26. The Labute approximate surface area is 139 Å². The Morgan fingerprint density at radius 3 is 2.48 bits per heavy atom. The van der Waals surface area contributed by atoms with Gasteiger partial charge in [-0.05, 0) is 35.2 Å². The first-order chi connectivity index (χ1) is 11.4. The normalized spacial score (nSPS) is 10.8. The minimum atomic E-state index is 0.861. The van der Waals surface area contributed by atoms with Crippen molar-refractivity contribution in [2.75, 3.05) is 7.11 Å². The zero-order chi connectivity index (χ0) is 15.6. The van der Waals surface area contributed by atoms with Crippen molar-refractivity contribution in [2.45, 2.75) is 0 Å². The number of methoxy groups -OCH3 is 1. The van der Waals surface area contributed by atoms with Crippen molar-refractivity contribution in [1.29, 1.82) is 0 Å². The Hall–Kier alpha value is -2.65. The van der Waals surface area contributed by atoms with E-state index in [0.717, 1.165) is 22.4 Å². The molecule has 0 saturated carbocycles. The van der Waals surface area contributed by atoms with E-state index in [9.17, 15) is 0 Å². The second-order valence-electron chi connectivity index (χ2n) is 5.27. The highest BCUT2D eigenvalue weighted by Gasteiger charge is 2.13. The van der Waals surface area contributed by atoms with Crippen LogP contribution >= 0.6 is 11.3 Å². The summed E-state index contributed by atoms with van der Waals surface area (Å²) < 4.78 is 5.26. The molecule has 112 valence electrons. The van der Waals surface area contributed by atoms with Gasteiger partial charge in [-0.2, -0.15) is 0 Å². The van der Waals surface area contributed by atoms with Crippen molar-refractivity contribution in [3.63, 3.8) is 0 Å². The molecule has 23 heavy (non-hydrogen) atoms. The molecule has 4 aromatic rings. The number of thiophene rings is 1. The van der Waals surface area contributed by atoms with Gasteiger partial charge in [0.25, 0.3) is 0 Å². The summed E-state index contributed by atoms with van der Waals surface area (Å²) in [6, 6.07) is 20.7. The van der Waals surface area contributed by atoms with Crippen LogP contribution in [0.5, 0.6) is 5.75 Å². The lowest BCUT2D eigenvalue weighted by molar-refractivity contribution is 0.415. The number of hydrogen-bond acceptors (Lipinski definition) is 3. The third-order valence-electron chi connectivity index (χ3n) is 3.94. The largest absolute Gasteiger partial charge is 0.497 e.